The average molecular weight is 270 g/mol. The molecule has 1 fully saturated rings. The zero-order valence-electron chi connectivity index (χ0n) is 11.1. The monoisotopic (exact) mass is 270 g/mol. The molecule has 1 aliphatic carbocycles. The molecule has 0 aromatic carbocycles. The van der Waals surface area contributed by atoms with Crippen molar-refractivity contribution < 1.29 is 10.0 Å². The van der Waals surface area contributed by atoms with Crippen LogP contribution >= 0.6 is 11.8 Å². The number of rotatable bonds is 3. The van der Waals surface area contributed by atoms with Crippen LogP contribution < -0.4 is 5.32 Å². The van der Waals surface area contributed by atoms with Crippen LogP contribution in [-0.2, 0) is 4.79 Å². The number of carbonyl (C=O) groups excluding carboxylic acids is 1. The minimum absolute atomic E-state index is 0.0683. The highest BCUT2D eigenvalue weighted by atomic mass is 32.2. The molecule has 1 unspecified atom stereocenters. The Kier molecular flexibility index (Phi) is 4.22. The van der Waals surface area contributed by atoms with Gasteiger partial charge in [-0.3, -0.25) is 10.0 Å². The van der Waals surface area contributed by atoms with Crippen LogP contribution in [0, 0.1) is 5.41 Å². The fourth-order valence-corrected chi connectivity index (χ4v) is 3.54. The zero-order valence-corrected chi connectivity index (χ0v) is 11.9. The third-order valence-corrected chi connectivity index (χ3v) is 5.17. The maximum absolute atomic E-state index is 12.4. The van der Waals surface area contributed by atoms with Gasteiger partial charge in [-0.15, -0.1) is 11.8 Å². The SMILES string of the molecule is C[C@@H](NC(=O)C1(C)CCCCC1)C1SC=CN1O. The molecule has 1 saturated carbocycles. The summed E-state index contributed by atoms with van der Waals surface area (Å²) in [5.41, 5.74) is -0.219. The van der Waals surface area contributed by atoms with Gasteiger partial charge >= 0.3 is 0 Å². The van der Waals surface area contributed by atoms with Crippen molar-refractivity contribution in [2.24, 2.45) is 5.41 Å². The first-order valence-corrected chi connectivity index (χ1v) is 7.57. The highest BCUT2D eigenvalue weighted by molar-refractivity contribution is 8.02. The maximum Gasteiger partial charge on any atom is 0.226 e. The summed E-state index contributed by atoms with van der Waals surface area (Å²) in [4.78, 5) is 12.4. The molecule has 1 amide bonds. The Hall–Kier alpha value is -0.680. The molecule has 2 atom stereocenters. The smallest absolute Gasteiger partial charge is 0.226 e. The summed E-state index contributed by atoms with van der Waals surface area (Å²) in [5.74, 6) is 0.135. The van der Waals surface area contributed by atoms with E-state index < -0.39 is 0 Å². The lowest BCUT2D eigenvalue weighted by atomic mass is 9.75. The van der Waals surface area contributed by atoms with Gasteiger partial charge < -0.3 is 5.32 Å². The number of thioether (sulfide) groups is 1. The van der Waals surface area contributed by atoms with E-state index in [9.17, 15) is 10.0 Å². The fraction of sp³-hybridized carbons (Fsp3) is 0.769. The van der Waals surface area contributed by atoms with Gasteiger partial charge in [0.2, 0.25) is 5.91 Å². The first kappa shape index (κ1) is 13.7. The maximum atomic E-state index is 12.4. The van der Waals surface area contributed by atoms with Gasteiger partial charge in [0.25, 0.3) is 0 Å². The average Bonchev–Trinajstić information content (AvgIpc) is 2.76. The molecule has 5 heteroatoms. The van der Waals surface area contributed by atoms with Gasteiger partial charge in [-0.1, -0.05) is 26.2 Å². The van der Waals surface area contributed by atoms with Gasteiger partial charge in [0.15, 0.2) is 0 Å². The molecule has 0 aromatic heterocycles. The van der Waals surface area contributed by atoms with E-state index in [0.29, 0.717) is 0 Å². The summed E-state index contributed by atoms with van der Waals surface area (Å²) in [6, 6.07) is -0.0683. The van der Waals surface area contributed by atoms with Crippen LogP contribution in [0.15, 0.2) is 11.6 Å². The molecule has 1 heterocycles. The summed E-state index contributed by atoms with van der Waals surface area (Å²) >= 11 is 1.53. The number of amides is 1. The molecule has 0 bridgehead atoms. The van der Waals surface area contributed by atoms with Gasteiger partial charge in [0, 0.05) is 11.6 Å². The van der Waals surface area contributed by atoms with Crippen molar-refractivity contribution in [1.82, 2.24) is 10.4 Å². The molecule has 0 spiro atoms. The van der Waals surface area contributed by atoms with Gasteiger partial charge in [0.05, 0.1) is 6.04 Å². The molecule has 0 saturated heterocycles. The molecular formula is C13H22N2O2S. The van der Waals surface area contributed by atoms with E-state index in [4.69, 9.17) is 0 Å². The summed E-state index contributed by atoms with van der Waals surface area (Å²) in [6.45, 7) is 4.00. The van der Waals surface area contributed by atoms with E-state index in [2.05, 4.69) is 12.2 Å². The number of hydrogen-bond acceptors (Lipinski definition) is 4. The van der Waals surface area contributed by atoms with Gasteiger partial charge in [-0.05, 0) is 25.2 Å². The Balaban J connectivity index is 1.90. The molecular weight excluding hydrogens is 248 g/mol. The van der Waals surface area contributed by atoms with Crippen molar-refractivity contribution in [2.75, 3.05) is 0 Å². The van der Waals surface area contributed by atoms with E-state index in [-0.39, 0.29) is 22.7 Å². The van der Waals surface area contributed by atoms with E-state index in [0.717, 1.165) is 25.7 Å². The lowest BCUT2D eigenvalue weighted by Gasteiger charge is -2.34. The molecule has 18 heavy (non-hydrogen) atoms. The molecule has 4 nitrogen and oxygen atoms in total. The van der Waals surface area contributed by atoms with Crippen LogP contribution in [0.1, 0.15) is 46.0 Å². The number of carbonyl (C=O) groups is 1. The van der Waals surface area contributed by atoms with E-state index >= 15 is 0 Å². The summed E-state index contributed by atoms with van der Waals surface area (Å²) in [5, 5.41) is 15.6. The van der Waals surface area contributed by atoms with Crippen LogP contribution in [0.2, 0.25) is 0 Å². The van der Waals surface area contributed by atoms with Crippen LogP contribution in [-0.4, -0.2) is 27.6 Å². The van der Waals surface area contributed by atoms with Crippen molar-refractivity contribution in [3.05, 3.63) is 11.6 Å². The molecule has 0 radical (unpaired) electrons. The topological polar surface area (TPSA) is 52.6 Å². The summed E-state index contributed by atoms with van der Waals surface area (Å²) < 4.78 is 0. The minimum Gasteiger partial charge on any atom is -0.350 e. The number of hydrogen-bond donors (Lipinski definition) is 2. The third-order valence-electron chi connectivity index (χ3n) is 3.98. The van der Waals surface area contributed by atoms with Gasteiger partial charge in [-0.2, -0.15) is 0 Å². The van der Waals surface area contributed by atoms with Crippen molar-refractivity contribution in [2.45, 2.75) is 57.4 Å². The van der Waals surface area contributed by atoms with Crippen molar-refractivity contribution in [3.63, 3.8) is 0 Å². The number of nitrogens with one attached hydrogen (secondary N) is 1. The quantitative estimate of drug-likeness (QED) is 0.828. The van der Waals surface area contributed by atoms with Crippen LogP contribution in [0.5, 0.6) is 0 Å². The van der Waals surface area contributed by atoms with Crippen LogP contribution in [0.4, 0.5) is 0 Å². The number of nitrogens with zero attached hydrogens (tertiary/aromatic N) is 1. The second-order valence-electron chi connectivity index (χ2n) is 5.58. The first-order valence-electron chi connectivity index (χ1n) is 6.63. The normalized spacial score (nSPS) is 28.2. The Morgan fingerprint density at radius 2 is 2.17 bits per heavy atom. The van der Waals surface area contributed by atoms with Gasteiger partial charge in [-0.25, -0.2) is 5.06 Å². The first-order chi connectivity index (χ1) is 8.53. The van der Waals surface area contributed by atoms with Gasteiger partial charge in [0.1, 0.15) is 5.37 Å². The molecule has 2 rings (SSSR count). The fourth-order valence-electron chi connectivity index (χ4n) is 2.68. The van der Waals surface area contributed by atoms with Crippen LogP contribution in [0.3, 0.4) is 0 Å². The van der Waals surface area contributed by atoms with E-state index in [1.165, 1.54) is 23.2 Å². The minimum atomic E-state index is -0.219. The second-order valence-corrected chi connectivity index (χ2v) is 6.60. The summed E-state index contributed by atoms with van der Waals surface area (Å²) in [7, 11) is 0. The summed E-state index contributed by atoms with van der Waals surface area (Å²) in [6.07, 6.45) is 7.11. The molecule has 102 valence electrons. The molecule has 1 aliphatic heterocycles. The van der Waals surface area contributed by atoms with Crippen molar-refractivity contribution >= 4 is 17.7 Å². The Morgan fingerprint density at radius 1 is 1.50 bits per heavy atom. The lowest BCUT2D eigenvalue weighted by Crippen LogP contribution is -2.49. The highest BCUT2D eigenvalue weighted by Gasteiger charge is 2.36. The van der Waals surface area contributed by atoms with E-state index in [1.807, 2.05) is 12.3 Å². The standard InChI is InChI=1S/C13H22N2O2S/c1-10(11-15(17)8-9-18-11)14-12(16)13(2)6-4-3-5-7-13/h8-11,17H,3-7H2,1-2H3,(H,14,16)/t10-,11?/m1/s1. The Labute approximate surface area is 113 Å². The lowest BCUT2D eigenvalue weighted by molar-refractivity contribution is -0.133. The molecule has 2 N–H and O–H groups in total. The molecule has 2 aliphatic rings. The van der Waals surface area contributed by atoms with E-state index in [1.54, 1.807) is 6.20 Å². The van der Waals surface area contributed by atoms with Crippen LogP contribution in [0.25, 0.3) is 0 Å². The van der Waals surface area contributed by atoms with Crippen molar-refractivity contribution in [1.29, 1.82) is 0 Å². The number of hydroxylamine groups is 2. The zero-order chi connectivity index (χ0) is 13.2. The Bertz CT molecular complexity index is 340. The third kappa shape index (κ3) is 2.83. The molecule has 0 aromatic rings. The Morgan fingerprint density at radius 3 is 2.72 bits per heavy atom. The second kappa shape index (κ2) is 5.53. The van der Waals surface area contributed by atoms with Crippen molar-refractivity contribution in [3.8, 4) is 0 Å². The largest absolute Gasteiger partial charge is 0.350 e. The highest BCUT2D eigenvalue weighted by Crippen LogP contribution is 2.36. The predicted octanol–water partition coefficient (Wildman–Crippen LogP) is 2.70. The predicted molar refractivity (Wildman–Crippen MR) is 72.9 cm³/mol.